The number of ether oxygens (including phenoxy) is 2. The average Bonchev–Trinajstić information content (AvgIpc) is 2.93. The second-order valence-electron chi connectivity index (χ2n) is 9.68. The summed E-state index contributed by atoms with van der Waals surface area (Å²) in [5, 5.41) is 2.93. The highest BCUT2D eigenvalue weighted by atomic mass is 32.2. The molecule has 0 spiro atoms. The lowest BCUT2D eigenvalue weighted by atomic mass is 10.0. The Kier molecular flexibility index (Phi) is 10.6. The number of benzene rings is 3. The van der Waals surface area contributed by atoms with Crippen LogP contribution in [0.2, 0.25) is 0 Å². The first-order valence-corrected chi connectivity index (χ1v) is 14.8. The number of amides is 2. The van der Waals surface area contributed by atoms with Crippen molar-refractivity contribution in [3.8, 4) is 11.5 Å². The van der Waals surface area contributed by atoms with Crippen molar-refractivity contribution in [2.45, 2.75) is 38.9 Å². The molecule has 1 N–H and O–H groups in total. The van der Waals surface area contributed by atoms with E-state index in [1.54, 1.807) is 12.1 Å². The molecule has 214 valence electrons. The summed E-state index contributed by atoms with van der Waals surface area (Å²) in [4.78, 5) is 29.1. The van der Waals surface area contributed by atoms with Crippen LogP contribution in [0, 0.1) is 0 Å². The third-order valence-corrected chi connectivity index (χ3v) is 7.36. The smallest absolute Gasteiger partial charge is 0.244 e. The average molecular weight is 568 g/mol. The first-order valence-electron chi connectivity index (χ1n) is 12.9. The van der Waals surface area contributed by atoms with Crippen molar-refractivity contribution >= 4 is 27.5 Å². The minimum absolute atomic E-state index is 0.107. The van der Waals surface area contributed by atoms with Gasteiger partial charge in [0, 0.05) is 25.1 Å². The van der Waals surface area contributed by atoms with Gasteiger partial charge in [-0.15, -0.1) is 0 Å². The molecule has 0 aromatic heterocycles. The molecule has 3 aromatic carbocycles. The molecule has 0 aliphatic carbocycles. The van der Waals surface area contributed by atoms with Crippen molar-refractivity contribution in [3.05, 3.63) is 90.0 Å². The highest BCUT2D eigenvalue weighted by Crippen LogP contribution is 2.34. The quantitative estimate of drug-likeness (QED) is 0.338. The standard InChI is InChI=1S/C30H37N3O6S/c1-22(2)31-30(35)27(18-23-12-8-6-9-13-23)32(20-24-14-10-7-11-15-24)29(34)21-33(40(5,36)37)26-19-25(38-3)16-17-28(26)39-4/h6-17,19,22,27H,18,20-21H2,1-5H3,(H,31,35)/t27-/m1/s1. The Labute approximate surface area is 236 Å². The predicted molar refractivity (Wildman–Crippen MR) is 156 cm³/mol. The summed E-state index contributed by atoms with van der Waals surface area (Å²) >= 11 is 0. The highest BCUT2D eigenvalue weighted by molar-refractivity contribution is 7.92. The van der Waals surface area contributed by atoms with E-state index < -0.39 is 28.5 Å². The van der Waals surface area contributed by atoms with Crippen molar-refractivity contribution < 1.29 is 27.5 Å². The molecular formula is C30H37N3O6S. The zero-order valence-electron chi connectivity index (χ0n) is 23.5. The number of nitrogens with zero attached hydrogens (tertiary/aromatic N) is 2. The predicted octanol–water partition coefficient (Wildman–Crippen LogP) is 3.63. The van der Waals surface area contributed by atoms with Gasteiger partial charge in [-0.1, -0.05) is 60.7 Å². The van der Waals surface area contributed by atoms with Crippen molar-refractivity contribution in [3.63, 3.8) is 0 Å². The van der Waals surface area contributed by atoms with E-state index in [0.29, 0.717) is 5.75 Å². The molecule has 9 nitrogen and oxygen atoms in total. The van der Waals surface area contributed by atoms with E-state index in [0.717, 1.165) is 21.7 Å². The number of methoxy groups -OCH3 is 2. The maximum absolute atomic E-state index is 14.1. The number of carbonyl (C=O) groups is 2. The lowest BCUT2D eigenvalue weighted by Gasteiger charge is -2.34. The molecule has 3 rings (SSSR count). The van der Waals surface area contributed by atoms with Crippen LogP contribution in [0.4, 0.5) is 5.69 Å². The molecule has 0 bridgehead atoms. The monoisotopic (exact) mass is 567 g/mol. The van der Waals surface area contributed by atoms with Crippen LogP contribution in [0.3, 0.4) is 0 Å². The molecule has 2 amide bonds. The molecule has 0 aliphatic heterocycles. The minimum Gasteiger partial charge on any atom is -0.497 e. The Morgan fingerprint density at radius 1 is 0.875 bits per heavy atom. The van der Waals surface area contributed by atoms with Gasteiger partial charge in [-0.05, 0) is 37.1 Å². The van der Waals surface area contributed by atoms with Crippen LogP contribution < -0.4 is 19.1 Å². The van der Waals surface area contributed by atoms with E-state index in [4.69, 9.17) is 9.47 Å². The van der Waals surface area contributed by atoms with Crippen molar-refractivity contribution in [2.24, 2.45) is 0 Å². The molecule has 0 radical (unpaired) electrons. The molecule has 0 saturated heterocycles. The summed E-state index contributed by atoms with van der Waals surface area (Å²) in [5.74, 6) is -0.213. The van der Waals surface area contributed by atoms with Gasteiger partial charge in [0.2, 0.25) is 21.8 Å². The molecule has 0 aliphatic rings. The molecule has 3 aromatic rings. The lowest BCUT2D eigenvalue weighted by Crippen LogP contribution is -2.54. The van der Waals surface area contributed by atoms with E-state index in [1.807, 2.05) is 74.5 Å². The first kappa shape index (κ1) is 30.5. The van der Waals surface area contributed by atoms with E-state index in [-0.39, 0.29) is 36.4 Å². The van der Waals surface area contributed by atoms with Crippen LogP contribution in [0.5, 0.6) is 11.5 Å². The maximum Gasteiger partial charge on any atom is 0.244 e. The Morgan fingerprint density at radius 3 is 2.00 bits per heavy atom. The molecule has 0 saturated carbocycles. The number of rotatable bonds is 13. The SMILES string of the molecule is COc1ccc(OC)c(N(CC(=O)N(Cc2ccccc2)[C@H](Cc2ccccc2)C(=O)NC(C)C)S(C)(=O)=O)c1. The van der Waals surface area contributed by atoms with Crippen LogP contribution in [-0.4, -0.2) is 64.2 Å². The Balaban J connectivity index is 2.09. The molecule has 0 fully saturated rings. The number of anilines is 1. The summed E-state index contributed by atoms with van der Waals surface area (Å²) in [6.07, 6.45) is 1.27. The maximum atomic E-state index is 14.1. The largest absolute Gasteiger partial charge is 0.497 e. The third-order valence-electron chi connectivity index (χ3n) is 6.23. The minimum atomic E-state index is -3.95. The summed E-state index contributed by atoms with van der Waals surface area (Å²) in [6.45, 7) is 3.26. The van der Waals surface area contributed by atoms with E-state index >= 15 is 0 Å². The number of carbonyl (C=O) groups excluding carboxylic acids is 2. The second-order valence-corrected chi connectivity index (χ2v) is 11.6. The van der Waals surface area contributed by atoms with E-state index in [1.165, 1.54) is 25.2 Å². The Morgan fingerprint density at radius 2 is 1.48 bits per heavy atom. The van der Waals surface area contributed by atoms with Crippen LogP contribution >= 0.6 is 0 Å². The van der Waals surface area contributed by atoms with Gasteiger partial charge in [0.05, 0.1) is 26.2 Å². The number of hydrogen-bond acceptors (Lipinski definition) is 6. The fourth-order valence-corrected chi connectivity index (χ4v) is 5.15. The van der Waals surface area contributed by atoms with Gasteiger partial charge in [-0.3, -0.25) is 13.9 Å². The third kappa shape index (κ3) is 8.22. The number of nitrogens with one attached hydrogen (secondary N) is 1. The van der Waals surface area contributed by atoms with Crippen molar-refractivity contribution in [1.82, 2.24) is 10.2 Å². The summed E-state index contributed by atoms with van der Waals surface area (Å²) in [7, 11) is -1.07. The number of sulfonamides is 1. The molecule has 40 heavy (non-hydrogen) atoms. The molecular weight excluding hydrogens is 530 g/mol. The Bertz CT molecular complexity index is 1380. The van der Waals surface area contributed by atoms with E-state index in [2.05, 4.69) is 5.32 Å². The summed E-state index contributed by atoms with van der Waals surface area (Å²) < 4.78 is 37.8. The Hall–Kier alpha value is -4.05. The topological polar surface area (TPSA) is 105 Å². The number of hydrogen-bond donors (Lipinski definition) is 1. The van der Waals surface area contributed by atoms with Crippen LogP contribution in [-0.2, 0) is 32.6 Å². The normalized spacial score (nSPS) is 11.9. The lowest BCUT2D eigenvalue weighted by molar-refractivity contribution is -0.140. The highest BCUT2D eigenvalue weighted by Gasteiger charge is 2.34. The zero-order valence-corrected chi connectivity index (χ0v) is 24.4. The van der Waals surface area contributed by atoms with E-state index in [9.17, 15) is 18.0 Å². The van der Waals surface area contributed by atoms with Crippen LogP contribution in [0.15, 0.2) is 78.9 Å². The molecule has 0 unspecified atom stereocenters. The molecule has 10 heteroatoms. The van der Waals surface area contributed by atoms with Gasteiger partial charge in [0.1, 0.15) is 24.1 Å². The molecule has 1 atom stereocenters. The van der Waals surface area contributed by atoms with Crippen LogP contribution in [0.1, 0.15) is 25.0 Å². The first-order chi connectivity index (χ1) is 19.0. The van der Waals surface area contributed by atoms with Crippen molar-refractivity contribution in [1.29, 1.82) is 0 Å². The van der Waals surface area contributed by atoms with Gasteiger partial charge in [-0.2, -0.15) is 0 Å². The fraction of sp³-hybridized carbons (Fsp3) is 0.333. The summed E-state index contributed by atoms with van der Waals surface area (Å²) in [5.41, 5.74) is 1.83. The summed E-state index contributed by atoms with van der Waals surface area (Å²) in [6, 6.07) is 22.4. The van der Waals surface area contributed by atoms with Gasteiger partial charge < -0.3 is 19.7 Å². The van der Waals surface area contributed by atoms with Gasteiger partial charge in [0.15, 0.2) is 0 Å². The second kappa shape index (κ2) is 13.8. The van der Waals surface area contributed by atoms with Gasteiger partial charge in [-0.25, -0.2) is 8.42 Å². The van der Waals surface area contributed by atoms with Crippen LogP contribution in [0.25, 0.3) is 0 Å². The fourth-order valence-electron chi connectivity index (χ4n) is 4.30. The van der Waals surface area contributed by atoms with Gasteiger partial charge in [0.25, 0.3) is 0 Å². The van der Waals surface area contributed by atoms with Gasteiger partial charge >= 0.3 is 0 Å². The van der Waals surface area contributed by atoms with Crippen molar-refractivity contribution in [2.75, 3.05) is 31.3 Å². The molecule has 0 heterocycles. The zero-order chi connectivity index (χ0) is 29.3.